The number of carbonyl (C=O) groups excluding carboxylic acids is 1. The first-order valence-electron chi connectivity index (χ1n) is 6.84. The van der Waals surface area contributed by atoms with Crippen molar-refractivity contribution in [2.45, 2.75) is 6.54 Å². The van der Waals surface area contributed by atoms with Gasteiger partial charge in [0, 0.05) is 6.54 Å². The van der Waals surface area contributed by atoms with Crippen molar-refractivity contribution in [2.75, 3.05) is 5.73 Å². The van der Waals surface area contributed by atoms with Crippen LogP contribution in [0, 0.1) is 0 Å². The molecule has 0 aliphatic rings. The zero-order valence-electron chi connectivity index (χ0n) is 11.8. The van der Waals surface area contributed by atoms with E-state index in [0.29, 0.717) is 6.54 Å². The number of aromatic nitrogens is 3. The van der Waals surface area contributed by atoms with Crippen LogP contribution in [0.4, 0.5) is 5.82 Å². The van der Waals surface area contributed by atoms with E-state index in [1.165, 1.54) is 4.68 Å². The van der Waals surface area contributed by atoms with Crippen LogP contribution in [0.25, 0.3) is 5.69 Å². The largest absolute Gasteiger partial charge is 0.382 e. The van der Waals surface area contributed by atoms with Crippen LogP contribution in [0.15, 0.2) is 60.7 Å². The first-order valence-corrected chi connectivity index (χ1v) is 6.84. The predicted octanol–water partition coefficient (Wildman–Crippen LogP) is 1.78. The van der Waals surface area contributed by atoms with Crippen molar-refractivity contribution in [2.24, 2.45) is 0 Å². The Hall–Kier alpha value is -3.15. The highest BCUT2D eigenvalue weighted by atomic mass is 16.2. The molecule has 0 bridgehead atoms. The van der Waals surface area contributed by atoms with Gasteiger partial charge in [-0.25, -0.2) is 0 Å². The number of hydrogen-bond donors (Lipinski definition) is 2. The van der Waals surface area contributed by atoms with Crippen LogP contribution in [-0.2, 0) is 6.54 Å². The SMILES string of the molecule is Nc1c(C(=O)NCc2ccccc2)nnn1-c1ccccc1. The van der Waals surface area contributed by atoms with E-state index in [-0.39, 0.29) is 17.4 Å². The molecular weight excluding hydrogens is 278 g/mol. The average Bonchev–Trinajstić information content (AvgIpc) is 2.96. The summed E-state index contributed by atoms with van der Waals surface area (Å²) in [6, 6.07) is 18.9. The normalized spacial score (nSPS) is 10.4. The van der Waals surface area contributed by atoms with Gasteiger partial charge in [-0.05, 0) is 17.7 Å². The zero-order chi connectivity index (χ0) is 15.4. The molecule has 0 unspecified atom stereocenters. The van der Waals surface area contributed by atoms with Gasteiger partial charge in [0.15, 0.2) is 11.5 Å². The molecule has 0 aliphatic carbocycles. The second-order valence-corrected chi connectivity index (χ2v) is 4.74. The summed E-state index contributed by atoms with van der Waals surface area (Å²) in [7, 11) is 0. The van der Waals surface area contributed by atoms with Gasteiger partial charge in [0.25, 0.3) is 5.91 Å². The van der Waals surface area contributed by atoms with E-state index in [4.69, 9.17) is 5.73 Å². The predicted molar refractivity (Wildman–Crippen MR) is 83.4 cm³/mol. The topological polar surface area (TPSA) is 85.8 Å². The summed E-state index contributed by atoms with van der Waals surface area (Å²) in [5, 5.41) is 10.6. The number of nitrogens with one attached hydrogen (secondary N) is 1. The number of anilines is 1. The van der Waals surface area contributed by atoms with Gasteiger partial charge in [-0.1, -0.05) is 53.7 Å². The third kappa shape index (κ3) is 2.80. The fourth-order valence-corrected chi connectivity index (χ4v) is 2.07. The molecule has 1 aromatic heterocycles. The monoisotopic (exact) mass is 293 g/mol. The van der Waals surface area contributed by atoms with E-state index < -0.39 is 0 Å². The van der Waals surface area contributed by atoms with E-state index in [1.807, 2.05) is 60.7 Å². The molecule has 0 fully saturated rings. The highest BCUT2D eigenvalue weighted by Gasteiger charge is 2.17. The highest BCUT2D eigenvalue weighted by Crippen LogP contribution is 2.14. The van der Waals surface area contributed by atoms with Gasteiger partial charge in [-0.3, -0.25) is 4.79 Å². The summed E-state index contributed by atoms with van der Waals surface area (Å²) in [5.74, 6) is -0.125. The summed E-state index contributed by atoms with van der Waals surface area (Å²) in [5.41, 5.74) is 7.87. The summed E-state index contributed by atoms with van der Waals surface area (Å²) in [6.07, 6.45) is 0. The molecule has 0 saturated heterocycles. The van der Waals surface area contributed by atoms with Gasteiger partial charge in [0.1, 0.15) is 0 Å². The molecular formula is C16H15N5O. The number of nitrogens with zero attached hydrogens (tertiary/aromatic N) is 3. The van der Waals surface area contributed by atoms with E-state index in [9.17, 15) is 4.79 Å². The van der Waals surface area contributed by atoms with E-state index in [2.05, 4.69) is 15.6 Å². The van der Waals surface area contributed by atoms with Crippen LogP contribution in [0.1, 0.15) is 16.1 Å². The first kappa shape index (κ1) is 13.8. The summed E-state index contributed by atoms with van der Waals surface area (Å²) in [4.78, 5) is 12.2. The van der Waals surface area contributed by atoms with Gasteiger partial charge in [-0.15, -0.1) is 5.10 Å². The number of nitrogen functional groups attached to an aromatic ring is 1. The maximum Gasteiger partial charge on any atom is 0.275 e. The number of hydrogen-bond acceptors (Lipinski definition) is 4. The number of amides is 1. The minimum atomic E-state index is -0.344. The molecule has 1 amide bonds. The molecule has 3 N–H and O–H groups in total. The van der Waals surface area contributed by atoms with Gasteiger partial charge in [0.2, 0.25) is 0 Å². The summed E-state index contributed by atoms with van der Waals surface area (Å²) < 4.78 is 1.44. The Labute approximate surface area is 127 Å². The van der Waals surface area contributed by atoms with E-state index >= 15 is 0 Å². The number of benzene rings is 2. The number of nitrogens with two attached hydrogens (primary N) is 1. The number of para-hydroxylation sites is 1. The molecule has 6 nitrogen and oxygen atoms in total. The summed E-state index contributed by atoms with van der Waals surface area (Å²) >= 11 is 0. The second-order valence-electron chi connectivity index (χ2n) is 4.74. The van der Waals surface area contributed by atoms with Crippen LogP contribution in [0.3, 0.4) is 0 Å². The van der Waals surface area contributed by atoms with Crippen molar-refractivity contribution < 1.29 is 4.79 Å². The lowest BCUT2D eigenvalue weighted by molar-refractivity contribution is 0.0947. The molecule has 0 spiro atoms. The molecule has 0 radical (unpaired) electrons. The Bertz CT molecular complexity index is 768. The molecule has 2 aromatic carbocycles. The smallest absolute Gasteiger partial charge is 0.275 e. The third-order valence-corrected chi connectivity index (χ3v) is 3.22. The Morgan fingerprint density at radius 2 is 1.68 bits per heavy atom. The third-order valence-electron chi connectivity index (χ3n) is 3.22. The maximum absolute atomic E-state index is 12.2. The Morgan fingerprint density at radius 3 is 2.36 bits per heavy atom. The Balaban J connectivity index is 1.75. The van der Waals surface area contributed by atoms with Crippen molar-refractivity contribution in [3.63, 3.8) is 0 Å². The van der Waals surface area contributed by atoms with E-state index in [0.717, 1.165) is 11.3 Å². The van der Waals surface area contributed by atoms with Crippen LogP contribution >= 0.6 is 0 Å². The first-order chi connectivity index (χ1) is 10.8. The van der Waals surface area contributed by atoms with Crippen molar-refractivity contribution in [3.8, 4) is 5.69 Å². The van der Waals surface area contributed by atoms with E-state index in [1.54, 1.807) is 0 Å². The van der Waals surface area contributed by atoms with Gasteiger partial charge in [0.05, 0.1) is 5.69 Å². The lowest BCUT2D eigenvalue weighted by atomic mass is 10.2. The van der Waals surface area contributed by atoms with Gasteiger partial charge in [-0.2, -0.15) is 4.68 Å². The molecule has 0 atom stereocenters. The Kier molecular flexibility index (Phi) is 3.82. The fourth-order valence-electron chi connectivity index (χ4n) is 2.07. The lowest BCUT2D eigenvalue weighted by Gasteiger charge is -2.05. The summed E-state index contributed by atoms with van der Waals surface area (Å²) in [6.45, 7) is 0.414. The van der Waals surface area contributed by atoms with Crippen LogP contribution in [0.2, 0.25) is 0 Å². The highest BCUT2D eigenvalue weighted by molar-refractivity contribution is 5.96. The number of rotatable bonds is 4. The molecule has 3 aromatic rings. The standard InChI is InChI=1S/C16H15N5O/c17-15-14(16(22)18-11-12-7-3-1-4-8-12)19-20-21(15)13-9-5-2-6-10-13/h1-10H,11,17H2,(H,18,22). The van der Waals surface area contributed by atoms with Crippen LogP contribution < -0.4 is 11.1 Å². The zero-order valence-corrected chi connectivity index (χ0v) is 11.8. The quantitative estimate of drug-likeness (QED) is 0.767. The van der Waals surface area contributed by atoms with Gasteiger partial charge >= 0.3 is 0 Å². The molecule has 0 aliphatic heterocycles. The Morgan fingerprint density at radius 1 is 1.05 bits per heavy atom. The molecule has 6 heteroatoms. The molecule has 22 heavy (non-hydrogen) atoms. The van der Waals surface area contributed by atoms with Gasteiger partial charge < -0.3 is 11.1 Å². The molecule has 3 rings (SSSR count). The minimum absolute atomic E-state index is 0.125. The van der Waals surface area contributed by atoms with Crippen LogP contribution in [-0.4, -0.2) is 20.9 Å². The van der Waals surface area contributed by atoms with Crippen molar-refractivity contribution in [1.82, 2.24) is 20.3 Å². The molecule has 0 saturated carbocycles. The number of carbonyl (C=O) groups is 1. The lowest BCUT2D eigenvalue weighted by Crippen LogP contribution is -2.24. The minimum Gasteiger partial charge on any atom is -0.382 e. The van der Waals surface area contributed by atoms with Crippen molar-refractivity contribution in [3.05, 3.63) is 71.9 Å². The van der Waals surface area contributed by atoms with Crippen LogP contribution in [0.5, 0.6) is 0 Å². The van der Waals surface area contributed by atoms with Crippen molar-refractivity contribution in [1.29, 1.82) is 0 Å². The van der Waals surface area contributed by atoms with Crippen molar-refractivity contribution >= 4 is 11.7 Å². The molecule has 110 valence electrons. The second kappa shape index (κ2) is 6.09. The fraction of sp³-hybridized carbons (Fsp3) is 0.0625. The maximum atomic E-state index is 12.2. The average molecular weight is 293 g/mol. The molecule has 1 heterocycles.